The molecular formula is C13H21BrN4O. The predicted molar refractivity (Wildman–Crippen MR) is 77.6 cm³/mol. The molecule has 1 heterocycles. The molecule has 3 N–H and O–H groups in total. The van der Waals surface area contributed by atoms with E-state index in [4.69, 9.17) is 5.73 Å². The molecule has 2 rings (SSSR count). The van der Waals surface area contributed by atoms with Crippen LogP contribution < -0.4 is 11.1 Å². The summed E-state index contributed by atoms with van der Waals surface area (Å²) < 4.78 is 2.89. The number of primary amides is 1. The lowest BCUT2D eigenvalue weighted by atomic mass is 9.78. The Morgan fingerprint density at radius 1 is 1.68 bits per heavy atom. The zero-order chi connectivity index (χ0) is 14.0. The van der Waals surface area contributed by atoms with Gasteiger partial charge in [-0.25, -0.2) is 0 Å². The third-order valence-corrected chi connectivity index (χ3v) is 4.12. The van der Waals surface area contributed by atoms with E-state index in [0.29, 0.717) is 6.42 Å². The number of hydrogen-bond donors (Lipinski definition) is 2. The Bertz CT molecular complexity index is 459. The van der Waals surface area contributed by atoms with Crippen LogP contribution in [0.1, 0.15) is 45.6 Å². The Morgan fingerprint density at radius 2 is 2.42 bits per heavy atom. The van der Waals surface area contributed by atoms with E-state index in [0.717, 1.165) is 23.7 Å². The molecule has 2 atom stereocenters. The SMILES string of the molecule is CC(C)NC1(C(N)=O)CCCC(n2cc(Br)cn2)C1. The lowest BCUT2D eigenvalue weighted by Gasteiger charge is -2.40. The van der Waals surface area contributed by atoms with Crippen LogP contribution in [0.25, 0.3) is 0 Å². The van der Waals surface area contributed by atoms with E-state index in [1.54, 1.807) is 6.20 Å². The summed E-state index contributed by atoms with van der Waals surface area (Å²) in [6.45, 7) is 4.08. The van der Waals surface area contributed by atoms with Crippen LogP contribution in [-0.2, 0) is 4.79 Å². The molecule has 1 amide bonds. The van der Waals surface area contributed by atoms with E-state index in [9.17, 15) is 4.79 Å². The number of hydrogen-bond acceptors (Lipinski definition) is 3. The highest BCUT2D eigenvalue weighted by Crippen LogP contribution is 2.35. The van der Waals surface area contributed by atoms with Crippen LogP contribution in [-0.4, -0.2) is 27.3 Å². The van der Waals surface area contributed by atoms with Crippen LogP contribution in [0.3, 0.4) is 0 Å². The van der Waals surface area contributed by atoms with Gasteiger partial charge in [-0.3, -0.25) is 9.48 Å². The number of nitrogens with two attached hydrogens (primary N) is 1. The van der Waals surface area contributed by atoms with Gasteiger partial charge in [0.15, 0.2) is 0 Å². The van der Waals surface area contributed by atoms with Crippen molar-refractivity contribution in [3.63, 3.8) is 0 Å². The summed E-state index contributed by atoms with van der Waals surface area (Å²) in [7, 11) is 0. The molecule has 19 heavy (non-hydrogen) atoms. The summed E-state index contributed by atoms with van der Waals surface area (Å²) >= 11 is 3.41. The standard InChI is InChI=1S/C13H21BrN4O/c1-9(2)17-13(12(15)19)5-3-4-11(6-13)18-8-10(14)7-16-18/h7-9,11,17H,3-6H2,1-2H3,(H2,15,19). The van der Waals surface area contributed by atoms with E-state index in [-0.39, 0.29) is 18.0 Å². The maximum absolute atomic E-state index is 11.9. The fraction of sp³-hybridized carbons (Fsp3) is 0.692. The van der Waals surface area contributed by atoms with Crippen molar-refractivity contribution in [1.29, 1.82) is 0 Å². The lowest BCUT2D eigenvalue weighted by molar-refractivity contribution is -0.126. The fourth-order valence-electron chi connectivity index (χ4n) is 2.96. The molecule has 1 aromatic heterocycles. The highest BCUT2D eigenvalue weighted by Gasteiger charge is 2.42. The summed E-state index contributed by atoms with van der Waals surface area (Å²) in [4.78, 5) is 11.9. The van der Waals surface area contributed by atoms with E-state index >= 15 is 0 Å². The summed E-state index contributed by atoms with van der Waals surface area (Å²) in [6, 6.07) is 0.453. The number of carbonyl (C=O) groups is 1. The fourth-order valence-corrected chi connectivity index (χ4v) is 3.27. The van der Waals surface area contributed by atoms with Gasteiger partial charge in [0.25, 0.3) is 0 Å². The maximum Gasteiger partial charge on any atom is 0.237 e. The number of carbonyl (C=O) groups excluding carboxylic acids is 1. The average molecular weight is 329 g/mol. The molecule has 0 spiro atoms. The highest BCUT2D eigenvalue weighted by atomic mass is 79.9. The monoisotopic (exact) mass is 328 g/mol. The Hall–Kier alpha value is -0.880. The van der Waals surface area contributed by atoms with Gasteiger partial charge in [-0.15, -0.1) is 0 Å². The van der Waals surface area contributed by atoms with Crippen molar-refractivity contribution < 1.29 is 4.79 Å². The lowest BCUT2D eigenvalue weighted by Crippen LogP contribution is -2.59. The molecule has 0 aromatic carbocycles. The van der Waals surface area contributed by atoms with Crippen LogP contribution in [0.4, 0.5) is 0 Å². The van der Waals surface area contributed by atoms with Gasteiger partial charge in [0.05, 0.1) is 22.3 Å². The molecule has 6 heteroatoms. The molecule has 1 aliphatic carbocycles. The summed E-state index contributed by atoms with van der Waals surface area (Å²) in [5, 5.41) is 7.71. The summed E-state index contributed by atoms with van der Waals surface area (Å²) in [5.41, 5.74) is 5.05. The normalized spacial score (nSPS) is 27.7. The van der Waals surface area contributed by atoms with Crippen LogP contribution in [0.5, 0.6) is 0 Å². The molecule has 1 fully saturated rings. The van der Waals surface area contributed by atoms with Crippen molar-refractivity contribution in [2.45, 2.75) is 57.2 Å². The minimum absolute atomic E-state index is 0.221. The maximum atomic E-state index is 11.9. The number of amides is 1. The Balaban J connectivity index is 2.20. The molecule has 106 valence electrons. The van der Waals surface area contributed by atoms with Crippen molar-refractivity contribution in [3.05, 3.63) is 16.9 Å². The number of rotatable bonds is 4. The van der Waals surface area contributed by atoms with Gasteiger partial charge < -0.3 is 11.1 Å². The first-order valence-corrected chi connectivity index (χ1v) is 7.49. The summed E-state index contributed by atoms with van der Waals surface area (Å²) in [5.74, 6) is -0.253. The van der Waals surface area contributed by atoms with Gasteiger partial charge >= 0.3 is 0 Å². The molecule has 5 nitrogen and oxygen atoms in total. The number of nitrogens with zero attached hydrogens (tertiary/aromatic N) is 2. The zero-order valence-electron chi connectivity index (χ0n) is 11.4. The van der Waals surface area contributed by atoms with Crippen LogP contribution >= 0.6 is 15.9 Å². The third-order valence-electron chi connectivity index (χ3n) is 3.71. The van der Waals surface area contributed by atoms with Gasteiger partial charge in [0, 0.05) is 12.2 Å². The molecule has 2 unspecified atom stereocenters. The van der Waals surface area contributed by atoms with E-state index in [1.165, 1.54) is 0 Å². The number of aromatic nitrogens is 2. The minimum atomic E-state index is -0.602. The van der Waals surface area contributed by atoms with Crippen molar-refractivity contribution in [3.8, 4) is 0 Å². The molecule has 0 saturated heterocycles. The molecule has 0 aliphatic heterocycles. The number of halogens is 1. The quantitative estimate of drug-likeness (QED) is 0.887. The van der Waals surface area contributed by atoms with Crippen molar-refractivity contribution in [2.75, 3.05) is 0 Å². The van der Waals surface area contributed by atoms with E-state index in [1.807, 2.05) is 24.7 Å². The second-order valence-corrected chi connectivity index (χ2v) is 6.55. The molecule has 1 aromatic rings. The van der Waals surface area contributed by atoms with Crippen molar-refractivity contribution >= 4 is 21.8 Å². The minimum Gasteiger partial charge on any atom is -0.368 e. The van der Waals surface area contributed by atoms with Crippen LogP contribution in [0, 0.1) is 0 Å². The van der Waals surface area contributed by atoms with Gasteiger partial charge in [0.2, 0.25) is 5.91 Å². The number of nitrogens with one attached hydrogen (secondary N) is 1. The first-order chi connectivity index (χ1) is 8.93. The topological polar surface area (TPSA) is 72.9 Å². The van der Waals surface area contributed by atoms with Crippen molar-refractivity contribution in [1.82, 2.24) is 15.1 Å². The van der Waals surface area contributed by atoms with Gasteiger partial charge in [0.1, 0.15) is 0 Å². The Kier molecular flexibility index (Phi) is 4.30. The third kappa shape index (κ3) is 3.17. The van der Waals surface area contributed by atoms with Gasteiger partial charge in [-0.1, -0.05) is 0 Å². The second-order valence-electron chi connectivity index (χ2n) is 5.63. The Morgan fingerprint density at radius 3 is 2.95 bits per heavy atom. The largest absolute Gasteiger partial charge is 0.368 e. The second kappa shape index (κ2) is 5.63. The Labute approximate surface area is 122 Å². The van der Waals surface area contributed by atoms with E-state index < -0.39 is 5.54 Å². The first kappa shape index (κ1) is 14.5. The average Bonchev–Trinajstić information content (AvgIpc) is 2.75. The highest BCUT2D eigenvalue weighted by molar-refractivity contribution is 9.10. The molecule has 1 aliphatic rings. The van der Waals surface area contributed by atoms with Gasteiger partial charge in [-0.05, 0) is 55.5 Å². The molecular weight excluding hydrogens is 308 g/mol. The van der Waals surface area contributed by atoms with E-state index in [2.05, 4.69) is 26.3 Å². The van der Waals surface area contributed by atoms with Crippen LogP contribution in [0.2, 0.25) is 0 Å². The predicted octanol–water partition coefficient (Wildman–Crippen LogP) is 1.98. The molecule has 0 bridgehead atoms. The molecule has 0 radical (unpaired) electrons. The summed E-state index contributed by atoms with van der Waals surface area (Å²) in [6.07, 6.45) is 7.25. The smallest absolute Gasteiger partial charge is 0.237 e. The van der Waals surface area contributed by atoms with Crippen LogP contribution in [0.15, 0.2) is 16.9 Å². The van der Waals surface area contributed by atoms with Crippen molar-refractivity contribution in [2.24, 2.45) is 5.73 Å². The molecule has 1 saturated carbocycles. The zero-order valence-corrected chi connectivity index (χ0v) is 13.0. The first-order valence-electron chi connectivity index (χ1n) is 6.70. The van der Waals surface area contributed by atoms with Gasteiger partial charge in [-0.2, -0.15) is 5.10 Å².